The molecule has 5 aliphatic rings. The second kappa shape index (κ2) is 14.2. The quantitative estimate of drug-likeness (QED) is 0.210. The average Bonchev–Trinajstić information content (AvgIpc) is 3.58. The van der Waals surface area contributed by atoms with Gasteiger partial charge in [0.05, 0.1) is 11.9 Å². The van der Waals surface area contributed by atoms with Crippen molar-refractivity contribution < 1.29 is 18.0 Å². The lowest BCUT2D eigenvalue weighted by atomic mass is 9.48. The van der Waals surface area contributed by atoms with Crippen LogP contribution in [0.3, 0.4) is 0 Å². The maximum atomic E-state index is 14.5. The van der Waals surface area contributed by atoms with Crippen LogP contribution in [0.5, 0.6) is 0 Å². The lowest BCUT2D eigenvalue weighted by Crippen LogP contribution is -2.54. The Morgan fingerprint density at radius 3 is 2.00 bits per heavy atom. The highest BCUT2D eigenvalue weighted by molar-refractivity contribution is 9.10. The van der Waals surface area contributed by atoms with Crippen molar-refractivity contribution in [2.45, 2.75) is 94.7 Å². The van der Waals surface area contributed by atoms with E-state index >= 15 is 0 Å². The molecule has 0 saturated heterocycles. The van der Waals surface area contributed by atoms with Gasteiger partial charge in [-0.2, -0.15) is 0 Å². The second-order valence-corrected chi connectivity index (χ2v) is 18.2. The lowest BCUT2D eigenvalue weighted by molar-refractivity contribution is -0.140. The van der Waals surface area contributed by atoms with E-state index < -0.39 is 28.5 Å². The SMILES string of the molecule is CS(=O)(=O)N(CC(=O)N(Cc1ccc(Br)cc1)[C@@H](Cc1ccccc1)C(=O)NC1CCCC1)c1ccc(C23CC4CC(CC(C4)C2)C3)cc1. The zero-order chi connectivity index (χ0) is 34.2. The fourth-order valence-corrected chi connectivity index (χ4v) is 10.9. The van der Waals surface area contributed by atoms with E-state index in [2.05, 4.69) is 33.4 Å². The number of hydrogen-bond donors (Lipinski definition) is 1. The molecule has 1 atom stereocenters. The Hall–Kier alpha value is -3.17. The third-order valence-corrected chi connectivity index (χ3v) is 13.4. The van der Waals surface area contributed by atoms with E-state index in [1.165, 1.54) is 48.4 Å². The van der Waals surface area contributed by atoms with Gasteiger partial charge in [0.2, 0.25) is 21.8 Å². The van der Waals surface area contributed by atoms with Crippen LogP contribution in [-0.2, 0) is 38.0 Å². The summed E-state index contributed by atoms with van der Waals surface area (Å²) in [5, 5.41) is 3.23. The molecule has 0 radical (unpaired) electrons. The highest BCUT2D eigenvalue weighted by atomic mass is 79.9. The van der Waals surface area contributed by atoms with Crippen molar-refractivity contribution >= 4 is 43.5 Å². The molecule has 49 heavy (non-hydrogen) atoms. The summed E-state index contributed by atoms with van der Waals surface area (Å²) in [7, 11) is -3.83. The molecule has 5 aliphatic carbocycles. The summed E-state index contributed by atoms with van der Waals surface area (Å²) in [6, 6.07) is 24.6. The molecule has 7 nitrogen and oxygen atoms in total. The van der Waals surface area contributed by atoms with E-state index in [9.17, 15) is 18.0 Å². The van der Waals surface area contributed by atoms with Gasteiger partial charge in [0.25, 0.3) is 0 Å². The number of sulfonamides is 1. The summed E-state index contributed by atoms with van der Waals surface area (Å²) >= 11 is 3.50. The van der Waals surface area contributed by atoms with Gasteiger partial charge in [-0.3, -0.25) is 13.9 Å². The van der Waals surface area contributed by atoms with Crippen LogP contribution in [-0.4, -0.2) is 50.0 Å². The zero-order valence-corrected chi connectivity index (χ0v) is 30.8. The molecular weight excluding hydrogens is 698 g/mol. The van der Waals surface area contributed by atoms with E-state index in [4.69, 9.17) is 0 Å². The van der Waals surface area contributed by atoms with Crippen LogP contribution in [0.25, 0.3) is 0 Å². The number of amides is 2. The predicted molar refractivity (Wildman–Crippen MR) is 198 cm³/mol. The Morgan fingerprint density at radius 2 is 1.43 bits per heavy atom. The minimum absolute atomic E-state index is 0.0791. The summed E-state index contributed by atoms with van der Waals surface area (Å²) in [5.74, 6) is 1.81. The van der Waals surface area contributed by atoms with Gasteiger partial charge in [0.15, 0.2) is 0 Å². The van der Waals surface area contributed by atoms with E-state index in [1.807, 2.05) is 66.7 Å². The number of nitrogens with one attached hydrogen (secondary N) is 1. The molecule has 0 heterocycles. The second-order valence-electron chi connectivity index (χ2n) is 15.4. The monoisotopic (exact) mass is 745 g/mol. The minimum atomic E-state index is -3.83. The molecule has 0 aromatic heterocycles. The smallest absolute Gasteiger partial charge is 0.244 e. The maximum Gasteiger partial charge on any atom is 0.244 e. The topological polar surface area (TPSA) is 86.8 Å². The molecule has 9 heteroatoms. The van der Waals surface area contributed by atoms with Gasteiger partial charge in [-0.05, 0) is 115 Å². The van der Waals surface area contributed by atoms with Gasteiger partial charge < -0.3 is 10.2 Å². The molecule has 3 aromatic rings. The van der Waals surface area contributed by atoms with Crippen LogP contribution in [0.15, 0.2) is 83.3 Å². The van der Waals surface area contributed by atoms with Gasteiger partial charge in [0, 0.05) is 23.5 Å². The van der Waals surface area contributed by atoms with Gasteiger partial charge >= 0.3 is 0 Å². The minimum Gasteiger partial charge on any atom is -0.352 e. The molecule has 5 saturated carbocycles. The molecular formula is C40H48BrN3O4S. The number of rotatable bonds is 12. The van der Waals surface area contributed by atoms with Crippen LogP contribution in [0.2, 0.25) is 0 Å². The summed E-state index contributed by atoms with van der Waals surface area (Å²) in [6.45, 7) is -0.224. The van der Waals surface area contributed by atoms with Crippen molar-refractivity contribution in [3.63, 3.8) is 0 Å². The summed E-state index contributed by atoms with van der Waals surface area (Å²) in [5.41, 5.74) is 3.76. The molecule has 0 unspecified atom stereocenters. The Labute approximate surface area is 300 Å². The summed E-state index contributed by atoms with van der Waals surface area (Å²) in [6.07, 6.45) is 13.2. The lowest BCUT2D eigenvalue weighted by Gasteiger charge is -2.57. The van der Waals surface area contributed by atoms with E-state index in [0.717, 1.165) is 65.3 Å². The fraction of sp³-hybridized carbons (Fsp3) is 0.500. The molecule has 4 bridgehead atoms. The average molecular weight is 747 g/mol. The number of nitrogens with zero attached hydrogens (tertiary/aromatic N) is 2. The van der Waals surface area contributed by atoms with Crippen molar-refractivity contribution in [2.75, 3.05) is 17.1 Å². The molecule has 1 N–H and O–H groups in total. The first-order chi connectivity index (χ1) is 23.5. The molecule has 0 aliphatic heterocycles. The molecule has 8 rings (SSSR count). The number of anilines is 1. The van der Waals surface area contributed by atoms with Crippen molar-refractivity contribution in [3.8, 4) is 0 Å². The summed E-state index contributed by atoms with van der Waals surface area (Å²) in [4.78, 5) is 30.2. The fourth-order valence-electron chi connectivity index (χ4n) is 9.77. The summed E-state index contributed by atoms with van der Waals surface area (Å²) < 4.78 is 28.9. The van der Waals surface area contributed by atoms with Crippen molar-refractivity contribution in [1.29, 1.82) is 0 Å². The first-order valence-electron chi connectivity index (χ1n) is 18.0. The van der Waals surface area contributed by atoms with Crippen LogP contribution < -0.4 is 9.62 Å². The maximum absolute atomic E-state index is 14.5. The molecule has 5 fully saturated rings. The Bertz CT molecular complexity index is 1700. The van der Waals surface area contributed by atoms with E-state index in [0.29, 0.717) is 12.1 Å². The van der Waals surface area contributed by atoms with Gasteiger partial charge in [-0.15, -0.1) is 0 Å². The number of carbonyl (C=O) groups excluding carboxylic acids is 2. The van der Waals surface area contributed by atoms with Crippen LogP contribution in [0, 0.1) is 17.8 Å². The zero-order valence-electron chi connectivity index (χ0n) is 28.4. The van der Waals surface area contributed by atoms with Crippen LogP contribution >= 0.6 is 15.9 Å². The van der Waals surface area contributed by atoms with Gasteiger partial charge in [-0.25, -0.2) is 8.42 Å². The Balaban J connectivity index is 1.18. The molecule has 3 aromatic carbocycles. The third kappa shape index (κ3) is 7.78. The molecule has 0 spiro atoms. The highest BCUT2D eigenvalue weighted by Crippen LogP contribution is 2.60. The van der Waals surface area contributed by atoms with Crippen LogP contribution in [0.1, 0.15) is 80.9 Å². The first-order valence-corrected chi connectivity index (χ1v) is 20.7. The standard InChI is InChI=1S/C40H48BrN3O4S/c1-49(47,48)44(36-17-13-33(14-18-36)40-23-30-19-31(24-40)21-32(20-30)25-40)27-38(45)43(26-29-11-15-34(41)16-12-29)37(22-28-7-3-2-4-8-28)39(46)42-35-9-5-6-10-35/h2-4,7-8,11-18,30-32,35,37H,5-6,9-10,19-27H2,1H3,(H,42,46)/t30?,31?,32?,37-,40?/m0/s1. The van der Waals surface area contributed by atoms with E-state index in [-0.39, 0.29) is 23.9 Å². The van der Waals surface area contributed by atoms with Crippen LogP contribution in [0.4, 0.5) is 5.69 Å². The van der Waals surface area contributed by atoms with Crippen molar-refractivity contribution in [3.05, 3.63) is 100 Å². The third-order valence-electron chi connectivity index (χ3n) is 11.7. The Morgan fingerprint density at radius 1 is 0.837 bits per heavy atom. The number of halogens is 1. The number of hydrogen-bond acceptors (Lipinski definition) is 4. The van der Waals surface area contributed by atoms with Crippen molar-refractivity contribution in [2.24, 2.45) is 17.8 Å². The van der Waals surface area contributed by atoms with Crippen molar-refractivity contribution in [1.82, 2.24) is 10.2 Å². The highest BCUT2D eigenvalue weighted by Gasteiger charge is 2.51. The van der Waals surface area contributed by atoms with Gasteiger partial charge in [-0.1, -0.05) is 83.4 Å². The normalized spacial score (nSPS) is 25.2. The molecule has 2 amide bonds. The number of carbonyl (C=O) groups is 2. The van der Waals surface area contributed by atoms with E-state index in [1.54, 1.807) is 4.90 Å². The predicted octanol–water partition coefficient (Wildman–Crippen LogP) is 7.38. The largest absolute Gasteiger partial charge is 0.352 e. The van der Waals surface area contributed by atoms with Gasteiger partial charge in [0.1, 0.15) is 12.6 Å². The molecule has 260 valence electrons. The first kappa shape index (κ1) is 34.3. The Kier molecular flexibility index (Phi) is 9.95. The number of benzene rings is 3.